The van der Waals surface area contributed by atoms with Crippen LogP contribution in [0.2, 0.25) is 0 Å². The lowest BCUT2D eigenvalue weighted by molar-refractivity contribution is -0.153. The van der Waals surface area contributed by atoms with E-state index in [1.54, 1.807) is 21.6 Å². The third-order valence-electron chi connectivity index (χ3n) is 6.27. The van der Waals surface area contributed by atoms with E-state index in [-0.39, 0.29) is 11.6 Å². The molecule has 3 fully saturated rings. The predicted molar refractivity (Wildman–Crippen MR) is 102 cm³/mol. The first-order valence-corrected chi connectivity index (χ1v) is 12.4. The molecule has 0 radical (unpaired) electrons. The summed E-state index contributed by atoms with van der Waals surface area (Å²) in [5.74, 6) is 0.396. The maximum absolute atomic E-state index is 13.4. The maximum atomic E-state index is 13.4. The van der Waals surface area contributed by atoms with E-state index < -0.39 is 39.6 Å². The maximum Gasteiger partial charge on any atom is 0.148 e. The van der Waals surface area contributed by atoms with Crippen molar-refractivity contribution >= 4 is 53.8 Å². The highest BCUT2D eigenvalue weighted by Crippen LogP contribution is 2.83. The van der Waals surface area contributed by atoms with Crippen molar-refractivity contribution in [1.82, 2.24) is 0 Å². The van der Waals surface area contributed by atoms with Gasteiger partial charge in [0.05, 0.1) is 21.7 Å². The molecule has 1 heterocycles. The molecule has 0 aromatic carbocycles. The van der Waals surface area contributed by atoms with Gasteiger partial charge in [-0.25, -0.2) is 4.21 Å². The minimum atomic E-state index is -1.26. The van der Waals surface area contributed by atoms with E-state index in [0.717, 1.165) is 0 Å². The summed E-state index contributed by atoms with van der Waals surface area (Å²) >= 11 is 0. The Morgan fingerprint density at radius 3 is 1.48 bits per heavy atom. The van der Waals surface area contributed by atoms with E-state index in [0.29, 0.717) is 0 Å². The largest absolute Gasteiger partial charge is 0.298 e. The Morgan fingerprint density at radius 1 is 0.696 bits per heavy atom. The zero-order valence-electron chi connectivity index (χ0n) is 14.9. The van der Waals surface area contributed by atoms with Crippen LogP contribution in [-0.4, -0.2) is 23.9 Å². The molecule has 0 aromatic heterocycles. The van der Waals surface area contributed by atoms with Crippen molar-refractivity contribution in [2.24, 2.45) is 21.7 Å². The first-order valence-electron chi connectivity index (χ1n) is 7.72. The Hall–Kier alpha value is 0.540. The van der Waals surface area contributed by atoms with E-state index in [1.807, 2.05) is 55.4 Å². The molecule has 130 valence electrons. The van der Waals surface area contributed by atoms with Gasteiger partial charge in [0.2, 0.25) is 0 Å². The smallest absolute Gasteiger partial charge is 0.148 e. The van der Waals surface area contributed by atoms with E-state index in [9.17, 15) is 13.8 Å². The molecule has 3 nitrogen and oxygen atoms in total. The number of Topliss-reactive ketones (excluding diaryl/α,β-unsaturated/α-hetero) is 2. The number of hydrogen-bond acceptors (Lipinski definition) is 6. The standard InChI is InChI=1S/C16H24O3S4/c1-11(2)9(17)12(3,4)15(11)20-21-16(23(19)22-15)13(5,6)10(18)14(16,7)8/h1-8H3. The van der Waals surface area contributed by atoms with Crippen molar-refractivity contribution in [3.05, 3.63) is 0 Å². The Kier molecular flexibility index (Phi) is 3.54. The van der Waals surface area contributed by atoms with Crippen molar-refractivity contribution in [1.29, 1.82) is 0 Å². The number of rotatable bonds is 0. The van der Waals surface area contributed by atoms with Gasteiger partial charge in [-0.15, -0.1) is 0 Å². The second-order valence-electron chi connectivity index (χ2n) is 8.88. The summed E-state index contributed by atoms with van der Waals surface area (Å²) in [7, 11) is 3.43. The summed E-state index contributed by atoms with van der Waals surface area (Å²) in [6.07, 6.45) is 0. The molecule has 1 atom stereocenters. The van der Waals surface area contributed by atoms with Crippen LogP contribution < -0.4 is 0 Å². The van der Waals surface area contributed by atoms with Gasteiger partial charge in [0.25, 0.3) is 0 Å². The van der Waals surface area contributed by atoms with E-state index >= 15 is 0 Å². The fraction of sp³-hybridized carbons (Fsp3) is 0.875. The molecule has 23 heavy (non-hydrogen) atoms. The molecule has 1 aliphatic heterocycles. The lowest BCUT2D eigenvalue weighted by atomic mass is 9.53. The first kappa shape index (κ1) is 18.3. The van der Waals surface area contributed by atoms with Crippen LogP contribution in [0.5, 0.6) is 0 Å². The minimum absolute atomic E-state index is 0.172. The van der Waals surface area contributed by atoms with Gasteiger partial charge >= 0.3 is 0 Å². The number of ketones is 2. The summed E-state index contributed by atoms with van der Waals surface area (Å²) in [4.78, 5) is 25.1. The second-order valence-corrected chi connectivity index (χ2v) is 15.2. The normalized spacial score (nSPS) is 37.3. The molecule has 3 rings (SSSR count). The third kappa shape index (κ3) is 1.54. The predicted octanol–water partition coefficient (Wildman–Crippen LogP) is 4.44. The Labute approximate surface area is 152 Å². The van der Waals surface area contributed by atoms with Crippen LogP contribution in [0.1, 0.15) is 55.4 Å². The van der Waals surface area contributed by atoms with Gasteiger partial charge in [0.15, 0.2) is 0 Å². The van der Waals surface area contributed by atoms with E-state index in [2.05, 4.69) is 0 Å². The van der Waals surface area contributed by atoms with E-state index in [1.165, 1.54) is 10.8 Å². The van der Waals surface area contributed by atoms with Crippen molar-refractivity contribution in [3.8, 4) is 0 Å². The van der Waals surface area contributed by atoms with Crippen molar-refractivity contribution < 1.29 is 13.8 Å². The lowest BCUT2D eigenvalue weighted by Crippen LogP contribution is -2.77. The topological polar surface area (TPSA) is 51.2 Å². The highest BCUT2D eigenvalue weighted by atomic mass is 33.2. The summed E-state index contributed by atoms with van der Waals surface area (Å²) in [6, 6.07) is 0. The van der Waals surface area contributed by atoms with Gasteiger partial charge in [-0.1, -0.05) is 77.0 Å². The Balaban J connectivity index is 2.04. The highest BCUT2D eigenvalue weighted by molar-refractivity contribution is 8.90. The van der Waals surface area contributed by atoms with Crippen LogP contribution in [0, 0.1) is 21.7 Å². The number of hydrogen-bond donors (Lipinski definition) is 0. The molecule has 7 heteroatoms. The first-order chi connectivity index (χ1) is 10.1. The van der Waals surface area contributed by atoms with Crippen LogP contribution in [0.15, 0.2) is 0 Å². The molecule has 0 N–H and O–H groups in total. The highest BCUT2D eigenvalue weighted by Gasteiger charge is 2.83. The molecule has 2 spiro atoms. The Bertz CT molecular complexity index is 624. The van der Waals surface area contributed by atoms with Crippen LogP contribution >= 0.6 is 32.4 Å². The molecule has 2 saturated carbocycles. The molecular formula is C16H24O3S4. The molecule has 0 amide bonds. The molecule has 0 bridgehead atoms. The van der Waals surface area contributed by atoms with Gasteiger partial charge in [-0.05, 0) is 10.8 Å². The van der Waals surface area contributed by atoms with Crippen LogP contribution in [0.4, 0.5) is 0 Å². The third-order valence-corrected chi connectivity index (χ3v) is 17.9. The quantitative estimate of drug-likeness (QED) is 0.568. The van der Waals surface area contributed by atoms with Crippen LogP contribution in [0.3, 0.4) is 0 Å². The monoisotopic (exact) mass is 392 g/mol. The number of carbonyl (C=O) groups excluding carboxylic acids is 2. The van der Waals surface area contributed by atoms with Gasteiger partial charge in [0, 0.05) is 0 Å². The van der Waals surface area contributed by atoms with Crippen molar-refractivity contribution in [2.75, 3.05) is 0 Å². The fourth-order valence-corrected chi connectivity index (χ4v) is 19.1. The average molecular weight is 393 g/mol. The van der Waals surface area contributed by atoms with Crippen molar-refractivity contribution in [3.63, 3.8) is 0 Å². The van der Waals surface area contributed by atoms with Gasteiger partial charge in [-0.3, -0.25) is 9.59 Å². The molecule has 3 aliphatic rings. The lowest BCUT2D eigenvalue weighted by Gasteiger charge is -2.70. The zero-order chi connectivity index (χ0) is 17.9. The van der Waals surface area contributed by atoms with Crippen LogP contribution in [0.25, 0.3) is 0 Å². The fourth-order valence-electron chi connectivity index (χ4n) is 4.96. The van der Waals surface area contributed by atoms with Gasteiger partial charge < -0.3 is 0 Å². The Morgan fingerprint density at radius 2 is 1.09 bits per heavy atom. The van der Waals surface area contributed by atoms with E-state index in [4.69, 9.17) is 0 Å². The van der Waals surface area contributed by atoms with Crippen LogP contribution in [-0.2, 0) is 19.4 Å². The molecule has 1 saturated heterocycles. The summed E-state index contributed by atoms with van der Waals surface area (Å²) in [6.45, 7) is 15.5. The van der Waals surface area contributed by atoms with Crippen molar-refractivity contribution in [2.45, 2.75) is 63.5 Å². The second kappa shape index (κ2) is 4.44. The molecule has 1 unspecified atom stereocenters. The van der Waals surface area contributed by atoms with Gasteiger partial charge in [0.1, 0.15) is 29.6 Å². The molecule has 0 aromatic rings. The summed E-state index contributed by atoms with van der Waals surface area (Å²) in [5, 5.41) is 0. The summed E-state index contributed by atoms with van der Waals surface area (Å²) in [5.41, 5.74) is -2.26. The zero-order valence-corrected chi connectivity index (χ0v) is 18.1. The number of carbonyl (C=O) groups is 2. The molecular weight excluding hydrogens is 368 g/mol. The SMILES string of the molecule is CC1(C)C(=O)C(C)(C)C12SSC1(S(=O)S2)C(C)(C)C(=O)C1(C)C. The molecule has 2 aliphatic carbocycles. The summed E-state index contributed by atoms with van der Waals surface area (Å²) < 4.78 is 12.4. The van der Waals surface area contributed by atoms with Gasteiger partial charge in [-0.2, -0.15) is 0 Å². The minimum Gasteiger partial charge on any atom is -0.298 e. The average Bonchev–Trinajstić information content (AvgIpc) is 2.43.